The second-order valence-electron chi connectivity index (χ2n) is 8.79. The Morgan fingerprint density at radius 2 is 1.86 bits per heavy atom. The van der Waals surface area contributed by atoms with Gasteiger partial charge in [-0.25, -0.2) is 23.4 Å². The van der Waals surface area contributed by atoms with E-state index in [1.54, 1.807) is 48.8 Å². The van der Waals surface area contributed by atoms with Gasteiger partial charge in [-0.2, -0.15) is 0 Å². The highest BCUT2D eigenvalue weighted by molar-refractivity contribution is 7.91. The summed E-state index contributed by atoms with van der Waals surface area (Å²) in [5.74, 6) is 1.23. The van der Waals surface area contributed by atoms with E-state index in [9.17, 15) is 8.42 Å². The van der Waals surface area contributed by atoms with E-state index < -0.39 is 10.0 Å². The standard InChI is InChI=1S/C27H28N6O3S/c34-37(35,19-20-7-2-1-3-8-20)33-21-9-4-11-23(17-21)36-26-24(12-6-15-29-26)25-13-16-30-27(32-25)31-22-10-5-14-28-18-22/h1-4,6-9,11-13,15-17,22,28,33H,5,10,14,18-19H2,(H,30,31,32). The number of benzene rings is 2. The van der Waals surface area contributed by atoms with Gasteiger partial charge in [0.2, 0.25) is 21.9 Å². The Morgan fingerprint density at radius 3 is 2.70 bits per heavy atom. The minimum Gasteiger partial charge on any atom is -0.438 e. The van der Waals surface area contributed by atoms with Crippen molar-refractivity contribution in [2.75, 3.05) is 23.1 Å². The van der Waals surface area contributed by atoms with Crippen molar-refractivity contribution < 1.29 is 13.2 Å². The molecule has 10 heteroatoms. The quantitative estimate of drug-likeness (QED) is 0.299. The van der Waals surface area contributed by atoms with Crippen LogP contribution in [0.15, 0.2) is 85.2 Å². The Labute approximate surface area is 216 Å². The maximum absolute atomic E-state index is 12.7. The first-order valence-corrected chi connectivity index (χ1v) is 13.8. The van der Waals surface area contributed by atoms with Crippen LogP contribution in [-0.2, 0) is 15.8 Å². The fraction of sp³-hybridized carbons (Fsp3) is 0.222. The van der Waals surface area contributed by atoms with Crippen LogP contribution in [0.25, 0.3) is 11.3 Å². The molecule has 0 aliphatic carbocycles. The molecule has 0 spiro atoms. The molecule has 2 aromatic heterocycles. The topological polar surface area (TPSA) is 118 Å². The van der Waals surface area contributed by atoms with Gasteiger partial charge in [0.05, 0.1) is 22.7 Å². The molecule has 1 atom stereocenters. The lowest BCUT2D eigenvalue weighted by molar-refractivity contribution is 0.465. The van der Waals surface area contributed by atoms with Crippen LogP contribution >= 0.6 is 0 Å². The molecule has 1 fully saturated rings. The molecule has 190 valence electrons. The average Bonchev–Trinajstić information content (AvgIpc) is 2.90. The number of pyridine rings is 1. The smallest absolute Gasteiger partial charge is 0.236 e. The third kappa shape index (κ3) is 6.81. The molecular weight excluding hydrogens is 488 g/mol. The van der Waals surface area contributed by atoms with Crippen molar-refractivity contribution in [1.29, 1.82) is 0 Å². The van der Waals surface area contributed by atoms with Gasteiger partial charge in [0.15, 0.2) is 0 Å². The molecule has 1 aliphatic rings. The first kappa shape index (κ1) is 24.7. The lowest BCUT2D eigenvalue weighted by Gasteiger charge is -2.23. The summed E-state index contributed by atoms with van der Waals surface area (Å²) in [4.78, 5) is 13.5. The van der Waals surface area contributed by atoms with Crippen LogP contribution in [0.2, 0.25) is 0 Å². The number of piperidine rings is 1. The summed E-state index contributed by atoms with van der Waals surface area (Å²) in [5, 5.41) is 6.77. The van der Waals surface area contributed by atoms with Gasteiger partial charge in [0.1, 0.15) is 5.75 Å². The first-order valence-electron chi connectivity index (χ1n) is 12.1. The van der Waals surface area contributed by atoms with E-state index in [1.807, 2.05) is 36.4 Å². The Bertz CT molecular complexity index is 1440. The van der Waals surface area contributed by atoms with Gasteiger partial charge < -0.3 is 15.4 Å². The summed E-state index contributed by atoms with van der Waals surface area (Å²) in [7, 11) is -3.60. The average molecular weight is 517 g/mol. The zero-order valence-electron chi connectivity index (χ0n) is 20.2. The largest absolute Gasteiger partial charge is 0.438 e. The molecule has 37 heavy (non-hydrogen) atoms. The number of rotatable bonds is 9. The summed E-state index contributed by atoms with van der Waals surface area (Å²) in [6, 6.07) is 21.6. The van der Waals surface area contributed by atoms with E-state index >= 15 is 0 Å². The lowest BCUT2D eigenvalue weighted by Crippen LogP contribution is -2.38. The second-order valence-corrected chi connectivity index (χ2v) is 10.5. The fourth-order valence-corrected chi connectivity index (χ4v) is 5.34. The predicted octanol–water partition coefficient (Wildman–Crippen LogP) is 4.44. The molecule has 9 nitrogen and oxygen atoms in total. The molecule has 0 saturated carbocycles. The molecule has 1 saturated heterocycles. The van der Waals surface area contributed by atoms with Gasteiger partial charge in [-0.1, -0.05) is 36.4 Å². The Morgan fingerprint density at radius 1 is 0.973 bits per heavy atom. The van der Waals surface area contributed by atoms with Crippen LogP contribution < -0.4 is 20.1 Å². The van der Waals surface area contributed by atoms with Gasteiger partial charge in [0.25, 0.3) is 0 Å². The molecule has 2 aromatic carbocycles. The highest BCUT2D eigenvalue weighted by Crippen LogP contribution is 2.31. The minimum absolute atomic E-state index is 0.121. The third-order valence-corrected chi connectivity index (χ3v) is 7.11. The molecule has 3 heterocycles. The highest BCUT2D eigenvalue weighted by Gasteiger charge is 2.16. The maximum atomic E-state index is 12.7. The molecule has 1 aliphatic heterocycles. The number of hydrogen-bond donors (Lipinski definition) is 3. The third-order valence-electron chi connectivity index (χ3n) is 5.85. The molecule has 4 aromatic rings. The van der Waals surface area contributed by atoms with E-state index in [0.717, 1.165) is 25.9 Å². The Kier molecular flexibility index (Phi) is 7.57. The van der Waals surface area contributed by atoms with E-state index in [4.69, 9.17) is 4.74 Å². The zero-order valence-corrected chi connectivity index (χ0v) is 21.0. The monoisotopic (exact) mass is 516 g/mol. The number of hydrogen-bond acceptors (Lipinski definition) is 8. The SMILES string of the molecule is O=S(=O)(Cc1ccccc1)Nc1cccc(Oc2ncccc2-c2ccnc(NC3CCCNC3)n2)c1. The highest BCUT2D eigenvalue weighted by atomic mass is 32.2. The van der Waals surface area contributed by atoms with Crippen molar-refractivity contribution in [2.45, 2.75) is 24.6 Å². The van der Waals surface area contributed by atoms with Gasteiger partial charge >= 0.3 is 0 Å². The molecular formula is C27H28N6O3S. The molecule has 0 amide bonds. The fourth-order valence-electron chi connectivity index (χ4n) is 4.15. The van der Waals surface area contributed by atoms with Crippen molar-refractivity contribution >= 4 is 21.7 Å². The summed E-state index contributed by atoms with van der Waals surface area (Å²) < 4.78 is 34.0. The Balaban J connectivity index is 1.32. The molecule has 0 bridgehead atoms. The van der Waals surface area contributed by atoms with Crippen LogP contribution in [-0.4, -0.2) is 42.5 Å². The van der Waals surface area contributed by atoms with Gasteiger partial charge in [0, 0.05) is 31.0 Å². The van der Waals surface area contributed by atoms with Crippen molar-refractivity contribution in [3.8, 4) is 22.9 Å². The number of nitrogens with one attached hydrogen (secondary N) is 3. The van der Waals surface area contributed by atoms with Crippen LogP contribution in [0, 0.1) is 0 Å². The lowest BCUT2D eigenvalue weighted by atomic mass is 10.1. The molecule has 0 radical (unpaired) electrons. The van der Waals surface area contributed by atoms with E-state index in [-0.39, 0.29) is 11.8 Å². The minimum atomic E-state index is -3.60. The zero-order chi connectivity index (χ0) is 25.5. The normalized spacial score (nSPS) is 15.6. The van der Waals surface area contributed by atoms with Crippen molar-refractivity contribution in [3.63, 3.8) is 0 Å². The molecule has 5 rings (SSSR count). The van der Waals surface area contributed by atoms with Crippen molar-refractivity contribution in [1.82, 2.24) is 20.3 Å². The van der Waals surface area contributed by atoms with Crippen LogP contribution in [0.1, 0.15) is 18.4 Å². The Hall–Kier alpha value is -4.02. The molecule has 3 N–H and O–H groups in total. The van der Waals surface area contributed by atoms with Crippen molar-refractivity contribution in [3.05, 3.63) is 90.8 Å². The second kappa shape index (κ2) is 11.4. The number of anilines is 2. The van der Waals surface area contributed by atoms with Gasteiger partial charge in [-0.3, -0.25) is 4.72 Å². The maximum Gasteiger partial charge on any atom is 0.236 e. The van der Waals surface area contributed by atoms with Crippen LogP contribution in [0.5, 0.6) is 11.6 Å². The van der Waals surface area contributed by atoms with Gasteiger partial charge in [-0.15, -0.1) is 0 Å². The summed E-state index contributed by atoms with van der Waals surface area (Å²) in [6.45, 7) is 1.91. The van der Waals surface area contributed by atoms with Crippen LogP contribution in [0.4, 0.5) is 11.6 Å². The summed E-state index contributed by atoms with van der Waals surface area (Å²) in [5.41, 5.74) is 2.48. The van der Waals surface area contributed by atoms with Gasteiger partial charge in [-0.05, 0) is 55.3 Å². The van der Waals surface area contributed by atoms with E-state index in [1.165, 1.54) is 0 Å². The van der Waals surface area contributed by atoms with E-state index in [0.29, 0.717) is 40.1 Å². The number of nitrogens with zero attached hydrogens (tertiary/aromatic N) is 3. The number of sulfonamides is 1. The van der Waals surface area contributed by atoms with E-state index in [2.05, 4.69) is 30.3 Å². The predicted molar refractivity (Wildman–Crippen MR) is 144 cm³/mol. The molecule has 1 unspecified atom stereocenters. The number of ether oxygens (including phenoxy) is 1. The first-order chi connectivity index (χ1) is 18.0. The summed E-state index contributed by atoms with van der Waals surface area (Å²) >= 11 is 0. The van der Waals surface area contributed by atoms with Crippen molar-refractivity contribution in [2.24, 2.45) is 0 Å². The van der Waals surface area contributed by atoms with Crippen LogP contribution in [0.3, 0.4) is 0 Å². The summed E-state index contributed by atoms with van der Waals surface area (Å²) in [6.07, 6.45) is 5.52. The number of aromatic nitrogens is 3.